The summed E-state index contributed by atoms with van der Waals surface area (Å²) in [6.45, 7) is 5.11. The first-order chi connectivity index (χ1) is 8.50. The lowest BCUT2D eigenvalue weighted by atomic mass is 10.1. The highest BCUT2D eigenvalue weighted by molar-refractivity contribution is 6.35. The van der Waals surface area contributed by atoms with Crippen molar-refractivity contribution in [1.82, 2.24) is 15.5 Å². The normalized spacial score (nSPS) is 15.7. The Morgan fingerprint density at radius 2 is 2.00 bits per heavy atom. The molecule has 1 saturated heterocycles. The van der Waals surface area contributed by atoms with Gasteiger partial charge in [0.25, 0.3) is 0 Å². The molecule has 0 bridgehead atoms. The lowest BCUT2D eigenvalue weighted by molar-refractivity contribution is -0.139. The van der Waals surface area contributed by atoms with Crippen LogP contribution in [0.2, 0.25) is 0 Å². The van der Waals surface area contributed by atoms with Gasteiger partial charge in [0.05, 0.1) is 0 Å². The zero-order valence-corrected chi connectivity index (χ0v) is 11.0. The first kappa shape index (κ1) is 14.5. The van der Waals surface area contributed by atoms with Crippen LogP contribution >= 0.6 is 0 Å². The Bertz CT molecular complexity index is 329. The Hall–Kier alpha value is -1.59. The molecular weight excluding hydrogens is 234 g/mol. The monoisotopic (exact) mass is 255 g/mol. The van der Waals surface area contributed by atoms with Gasteiger partial charge in [-0.3, -0.25) is 14.4 Å². The third-order valence-corrected chi connectivity index (χ3v) is 2.71. The van der Waals surface area contributed by atoms with Crippen LogP contribution in [-0.4, -0.2) is 48.3 Å². The van der Waals surface area contributed by atoms with Crippen molar-refractivity contribution in [3.05, 3.63) is 0 Å². The molecule has 102 valence electrons. The number of nitrogens with one attached hydrogen (secondary N) is 2. The molecule has 1 aliphatic heterocycles. The molecule has 0 saturated carbocycles. The number of rotatable bonds is 4. The van der Waals surface area contributed by atoms with Crippen LogP contribution in [0, 0.1) is 0 Å². The molecule has 0 aromatic rings. The molecule has 0 radical (unpaired) electrons. The van der Waals surface area contributed by atoms with Crippen molar-refractivity contribution >= 4 is 17.7 Å². The van der Waals surface area contributed by atoms with E-state index in [4.69, 9.17) is 0 Å². The Balaban J connectivity index is 2.22. The third-order valence-electron chi connectivity index (χ3n) is 2.71. The number of nitrogens with zero attached hydrogens (tertiary/aromatic N) is 1. The standard InChI is InChI=1S/C12H21N3O3/c1-9(2)14-12(18)11(17)13-6-8-15-7-4-3-5-10(15)16/h9H,3-8H2,1-2H3,(H,13,17)(H,14,18). The van der Waals surface area contributed by atoms with Crippen molar-refractivity contribution in [2.45, 2.75) is 39.2 Å². The van der Waals surface area contributed by atoms with Gasteiger partial charge < -0.3 is 15.5 Å². The highest BCUT2D eigenvalue weighted by Crippen LogP contribution is 2.09. The second-order valence-corrected chi connectivity index (χ2v) is 4.72. The predicted molar refractivity (Wildman–Crippen MR) is 66.7 cm³/mol. The van der Waals surface area contributed by atoms with Gasteiger partial charge in [-0.25, -0.2) is 0 Å². The van der Waals surface area contributed by atoms with Crippen molar-refractivity contribution in [3.8, 4) is 0 Å². The van der Waals surface area contributed by atoms with Crippen LogP contribution < -0.4 is 10.6 Å². The van der Waals surface area contributed by atoms with Gasteiger partial charge in [0, 0.05) is 32.1 Å². The summed E-state index contributed by atoms with van der Waals surface area (Å²) < 4.78 is 0. The second kappa shape index (κ2) is 6.98. The Morgan fingerprint density at radius 1 is 1.28 bits per heavy atom. The van der Waals surface area contributed by atoms with Crippen LogP contribution in [0.15, 0.2) is 0 Å². The molecule has 6 nitrogen and oxygen atoms in total. The maximum Gasteiger partial charge on any atom is 0.309 e. The maximum absolute atomic E-state index is 11.5. The molecule has 3 amide bonds. The molecule has 18 heavy (non-hydrogen) atoms. The van der Waals surface area contributed by atoms with Crippen molar-refractivity contribution < 1.29 is 14.4 Å². The molecule has 2 N–H and O–H groups in total. The molecule has 1 fully saturated rings. The average Bonchev–Trinajstić information content (AvgIpc) is 2.30. The minimum Gasteiger partial charge on any atom is -0.346 e. The van der Waals surface area contributed by atoms with E-state index in [1.165, 1.54) is 0 Å². The fraction of sp³-hybridized carbons (Fsp3) is 0.750. The van der Waals surface area contributed by atoms with Crippen LogP contribution in [0.5, 0.6) is 0 Å². The Kier molecular flexibility index (Phi) is 5.61. The van der Waals surface area contributed by atoms with E-state index in [0.29, 0.717) is 19.5 Å². The van der Waals surface area contributed by atoms with Gasteiger partial charge in [0.2, 0.25) is 5.91 Å². The number of amides is 3. The number of piperidine rings is 1. The van der Waals surface area contributed by atoms with E-state index in [2.05, 4.69) is 10.6 Å². The van der Waals surface area contributed by atoms with Crippen molar-refractivity contribution in [3.63, 3.8) is 0 Å². The van der Waals surface area contributed by atoms with Crippen LogP contribution in [0.4, 0.5) is 0 Å². The molecule has 0 aliphatic carbocycles. The predicted octanol–water partition coefficient (Wildman–Crippen LogP) is -0.360. The Morgan fingerprint density at radius 3 is 2.61 bits per heavy atom. The van der Waals surface area contributed by atoms with Gasteiger partial charge in [-0.15, -0.1) is 0 Å². The first-order valence-electron chi connectivity index (χ1n) is 6.37. The highest BCUT2D eigenvalue weighted by atomic mass is 16.2. The molecule has 1 aliphatic rings. The topological polar surface area (TPSA) is 78.5 Å². The smallest absolute Gasteiger partial charge is 0.309 e. The molecule has 0 atom stereocenters. The summed E-state index contributed by atoms with van der Waals surface area (Å²) in [5.41, 5.74) is 0. The average molecular weight is 255 g/mol. The number of carbonyl (C=O) groups is 3. The molecule has 0 unspecified atom stereocenters. The number of likely N-dealkylation sites (tertiary alicyclic amines) is 1. The number of carbonyl (C=O) groups excluding carboxylic acids is 3. The summed E-state index contributed by atoms with van der Waals surface area (Å²) in [7, 11) is 0. The summed E-state index contributed by atoms with van der Waals surface area (Å²) in [6.07, 6.45) is 2.54. The number of hydrogen-bond donors (Lipinski definition) is 2. The van der Waals surface area contributed by atoms with E-state index in [1.807, 2.05) is 0 Å². The molecule has 1 rings (SSSR count). The van der Waals surface area contributed by atoms with Crippen LogP contribution in [0.1, 0.15) is 33.1 Å². The number of hydrogen-bond acceptors (Lipinski definition) is 3. The van der Waals surface area contributed by atoms with E-state index in [0.717, 1.165) is 19.4 Å². The maximum atomic E-state index is 11.5. The third kappa shape index (κ3) is 4.73. The van der Waals surface area contributed by atoms with Gasteiger partial charge in [-0.05, 0) is 26.7 Å². The minimum absolute atomic E-state index is 0.0630. The van der Waals surface area contributed by atoms with E-state index in [-0.39, 0.29) is 11.9 Å². The van der Waals surface area contributed by atoms with E-state index in [9.17, 15) is 14.4 Å². The van der Waals surface area contributed by atoms with Crippen molar-refractivity contribution in [2.24, 2.45) is 0 Å². The van der Waals surface area contributed by atoms with Gasteiger partial charge in [-0.2, -0.15) is 0 Å². The zero-order valence-electron chi connectivity index (χ0n) is 11.0. The lowest BCUT2D eigenvalue weighted by Crippen LogP contribution is -2.46. The molecule has 0 aromatic heterocycles. The zero-order chi connectivity index (χ0) is 13.5. The fourth-order valence-corrected chi connectivity index (χ4v) is 1.81. The van der Waals surface area contributed by atoms with Crippen LogP contribution in [0.3, 0.4) is 0 Å². The Labute approximate surface area is 107 Å². The lowest BCUT2D eigenvalue weighted by Gasteiger charge is -2.26. The largest absolute Gasteiger partial charge is 0.346 e. The van der Waals surface area contributed by atoms with Crippen molar-refractivity contribution in [2.75, 3.05) is 19.6 Å². The van der Waals surface area contributed by atoms with E-state index >= 15 is 0 Å². The summed E-state index contributed by atoms with van der Waals surface area (Å²) >= 11 is 0. The van der Waals surface area contributed by atoms with Crippen LogP contribution in [0.25, 0.3) is 0 Å². The minimum atomic E-state index is -0.645. The summed E-state index contributed by atoms with van der Waals surface area (Å²) in [6, 6.07) is -0.0630. The molecule has 6 heteroatoms. The van der Waals surface area contributed by atoms with E-state index < -0.39 is 11.8 Å². The van der Waals surface area contributed by atoms with Gasteiger partial charge in [-0.1, -0.05) is 0 Å². The molecule has 0 aromatic carbocycles. The SMILES string of the molecule is CC(C)NC(=O)C(=O)NCCN1CCCCC1=O. The van der Waals surface area contributed by atoms with Gasteiger partial charge in [0.1, 0.15) is 0 Å². The fourth-order valence-electron chi connectivity index (χ4n) is 1.81. The highest BCUT2D eigenvalue weighted by Gasteiger charge is 2.18. The molecule has 0 spiro atoms. The van der Waals surface area contributed by atoms with Crippen molar-refractivity contribution in [1.29, 1.82) is 0 Å². The summed E-state index contributed by atoms with van der Waals surface area (Å²) in [5, 5.41) is 5.02. The second-order valence-electron chi connectivity index (χ2n) is 4.72. The summed E-state index contributed by atoms with van der Waals surface area (Å²) in [4.78, 5) is 35.9. The van der Waals surface area contributed by atoms with Gasteiger partial charge in [0.15, 0.2) is 0 Å². The quantitative estimate of drug-likeness (QED) is 0.673. The first-order valence-corrected chi connectivity index (χ1v) is 6.37. The molecule has 1 heterocycles. The van der Waals surface area contributed by atoms with Gasteiger partial charge >= 0.3 is 11.8 Å². The van der Waals surface area contributed by atoms with E-state index in [1.54, 1.807) is 18.7 Å². The summed E-state index contributed by atoms with van der Waals surface area (Å²) in [5.74, 6) is -1.15. The molecular formula is C12H21N3O3. The van der Waals surface area contributed by atoms with Crippen LogP contribution in [-0.2, 0) is 14.4 Å².